The van der Waals surface area contributed by atoms with Crippen LogP contribution in [0.4, 0.5) is 0 Å². The number of likely N-dealkylation sites (tertiary alicyclic amines) is 1. The normalized spacial score (nSPS) is 24.1. The molecule has 1 aliphatic heterocycles. The Morgan fingerprint density at radius 3 is 2.29 bits per heavy atom. The van der Waals surface area contributed by atoms with Crippen molar-refractivity contribution < 1.29 is 15.0 Å². The maximum absolute atomic E-state index is 11.9. The van der Waals surface area contributed by atoms with E-state index in [1.807, 2.05) is 24.3 Å². The number of aliphatic hydroxyl groups is 2. The summed E-state index contributed by atoms with van der Waals surface area (Å²) in [5.41, 5.74) is 0.906. The van der Waals surface area contributed by atoms with Crippen LogP contribution in [0.1, 0.15) is 5.56 Å². The molecule has 92 valence electrons. The third-order valence-electron chi connectivity index (χ3n) is 2.90. The third kappa shape index (κ3) is 3.00. The maximum atomic E-state index is 11.9. The second-order valence-electron chi connectivity index (χ2n) is 4.28. The molecule has 1 aromatic rings. The van der Waals surface area contributed by atoms with Crippen LogP contribution in [0.3, 0.4) is 0 Å². The quantitative estimate of drug-likeness (QED) is 0.654. The largest absolute Gasteiger partial charge is 0.388 e. The van der Waals surface area contributed by atoms with Gasteiger partial charge >= 0.3 is 0 Å². The molecule has 0 saturated carbocycles. The van der Waals surface area contributed by atoms with E-state index in [0.717, 1.165) is 10.5 Å². The molecule has 0 spiro atoms. The van der Waals surface area contributed by atoms with Gasteiger partial charge in [0.2, 0.25) is 5.91 Å². The first kappa shape index (κ1) is 12.4. The summed E-state index contributed by atoms with van der Waals surface area (Å²) < 4.78 is 0. The van der Waals surface area contributed by atoms with Crippen LogP contribution in [0.15, 0.2) is 29.2 Å². The lowest BCUT2D eigenvalue weighted by atomic mass is 10.1. The van der Waals surface area contributed by atoms with Gasteiger partial charge in [0.25, 0.3) is 0 Å². The molecule has 0 aromatic heterocycles. The lowest BCUT2D eigenvalue weighted by molar-refractivity contribution is -0.129. The number of carbonyl (C=O) groups excluding carboxylic acids is 1. The molecule has 0 bridgehead atoms. The van der Waals surface area contributed by atoms with Gasteiger partial charge in [0.1, 0.15) is 0 Å². The van der Waals surface area contributed by atoms with Crippen molar-refractivity contribution in [1.82, 2.24) is 4.90 Å². The number of carbonyl (C=O) groups is 1. The summed E-state index contributed by atoms with van der Waals surface area (Å²) in [7, 11) is 0. The smallest absolute Gasteiger partial charge is 0.227 e. The summed E-state index contributed by atoms with van der Waals surface area (Å²) in [5, 5.41) is 18.7. The molecular weight excluding hydrogens is 238 g/mol. The molecule has 0 aliphatic carbocycles. The third-order valence-corrected chi connectivity index (χ3v) is 3.20. The van der Waals surface area contributed by atoms with Crippen molar-refractivity contribution in [2.75, 3.05) is 13.1 Å². The molecule has 1 aromatic carbocycles. The SMILES string of the molecule is O=C(Cc1ccc(S)cc1)N1CC(O)C(O)C1. The molecule has 1 saturated heterocycles. The minimum absolute atomic E-state index is 0.0764. The van der Waals surface area contributed by atoms with Crippen LogP contribution >= 0.6 is 12.6 Å². The van der Waals surface area contributed by atoms with Gasteiger partial charge in [-0.05, 0) is 17.7 Å². The van der Waals surface area contributed by atoms with E-state index in [-0.39, 0.29) is 25.4 Å². The van der Waals surface area contributed by atoms with Crippen molar-refractivity contribution in [3.05, 3.63) is 29.8 Å². The van der Waals surface area contributed by atoms with Gasteiger partial charge in [0, 0.05) is 18.0 Å². The zero-order chi connectivity index (χ0) is 12.4. The van der Waals surface area contributed by atoms with Gasteiger partial charge in [0.05, 0.1) is 18.6 Å². The number of aliphatic hydroxyl groups excluding tert-OH is 2. The Balaban J connectivity index is 1.96. The van der Waals surface area contributed by atoms with Crippen molar-refractivity contribution in [2.45, 2.75) is 23.5 Å². The average molecular weight is 253 g/mol. The minimum Gasteiger partial charge on any atom is -0.388 e. The number of rotatable bonds is 2. The highest BCUT2D eigenvalue weighted by Gasteiger charge is 2.32. The fourth-order valence-electron chi connectivity index (χ4n) is 1.87. The first-order valence-electron chi connectivity index (χ1n) is 5.48. The Labute approximate surface area is 105 Å². The summed E-state index contributed by atoms with van der Waals surface area (Å²) in [6.07, 6.45) is -1.36. The summed E-state index contributed by atoms with van der Waals surface area (Å²) in [6.45, 7) is 0.426. The van der Waals surface area contributed by atoms with Crippen molar-refractivity contribution in [3.8, 4) is 0 Å². The van der Waals surface area contributed by atoms with Crippen molar-refractivity contribution in [3.63, 3.8) is 0 Å². The molecule has 1 heterocycles. The standard InChI is InChI=1S/C12H15NO3S/c14-10-6-13(7-11(10)15)12(16)5-8-1-3-9(17)4-2-8/h1-4,10-11,14-15,17H,5-7H2. The van der Waals surface area contributed by atoms with E-state index < -0.39 is 12.2 Å². The van der Waals surface area contributed by atoms with Gasteiger partial charge in [-0.2, -0.15) is 0 Å². The molecule has 2 rings (SSSR count). The summed E-state index contributed by atoms with van der Waals surface area (Å²) in [4.78, 5) is 14.2. The van der Waals surface area contributed by atoms with Crippen LogP contribution in [0, 0.1) is 0 Å². The highest BCUT2D eigenvalue weighted by Crippen LogP contribution is 2.13. The topological polar surface area (TPSA) is 60.8 Å². The Morgan fingerprint density at radius 1 is 1.24 bits per heavy atom. The Hall–Kier alpha value is -1.04. The second-order valence-corrected chi connectivity index (χ2v) is 4.79. The second kappa shape index (κ2) is 5.08. The molecule has 1 aliphatic rings. The molecule has 4 nitrogen and oxygen atoms in total. The number of hydrogen-bond acceptors (Lipinski definition) is 4. The van der Waals surface area contributed by atoms with Gasteiger partial charge in [-0.15, -0.1) is 12.6 Å². The van der Waals surface area contributed by atoms with Gasteiger partial charge in [-0.3, -0.25) is 4.79 Å². The van der Waals surface area contributed by atoms with Crippen molar-refractivity contribution >= 4 is 18.5 Å². The Morgan fingerprint density at radius 2 is 1.76 bits per heavy atom. The van der Waals surface area contributed by atoms with Gasteiger partial charge < -0.3 is 15.1 Å². The minimum atomic E-state index is -0.821. The van der Waals surface area contributed by atoms with Gasteiger partial charge in [0.15, 0.2) is 0 Å². The molecule has 2 unspecified atom stereocenters. The van der Waals surface area contributed by atoms with E-state index in [1.54, 1.807) is 0 Å². The zero-order valence-corrected chi connectivity index (χ0v) is 10.2. The fraction of sp³-hybridized carbons (Fsp3) is 0.417. The first-order chi connectivity index (χ1) is 8.06. The van der Waals surface area contributed by atoms with Crippen LogP contribution in [0.5, 0.6) is 0 Å². The van der Waals surface area contributed by atoms with E-state index in [4.69, 9.17) is 0 Å². The van der Waals surface area contributed by atoms with E-state index in [2.05, 4.69) is 12.6 Å². The summed E-state index contributed by atoms with van der Waals surface area (Å²) in [5.74, 6) is -0.0764. The highest BCUT2D eigenvalue weighted by atomic mass is 32.1. The van der Waals surface area contributed by atoms with Crippen LogP contribution in [0.2, 0.25) is 0 Å². The Bertz CT molecular complexity index is 397. The molecule has 17 heavy (non-hydrogen) atoms. The first-order valence-corrected chi connectivity index (χ1v) is 5.93. The maximum Gasteiger partial charge on any atom is 0.227 e. The van der Waals surface area contributed by atoms with Crippen LogP contribution in [0.25, 0.3) is 0 Å². The number of nitrogens with zero attached hydrogens (tertiary/aromatic N) is 1. The van der Waals surface area contributed by atoms with E-state index in [9.17, 15) is 15.0 Å². The number of β-amino-alcohol motifs (C(OH)–C–C–N with tert-alkyl or cyclic N) is 2. The number of amides is 1. The molecule has 1 fully saturated rings. The molecule has 5 heteroatoms. The lowest BCUT2D eigenvalue weighted by Gasteiger charge is -2.15. The monoisotopic (exact) mass is 253 g/mol. The molecule has 2 N–H and O–H groups in total. The molecule has 1 amide bonds. The number of hydrogen-bond donors (Lipinski definition) is 3. The van der Waals surface area contributed by atoms with Crippen molar-refractivity contribution in [1.29, 1.82) is 0 Å². The van der Waals surface area contributed by atoms with E-state index in [0.29, 0.717) is 0 Å². The van der Waals surface area contributed by atoms with E-state index in [1.165, 1.54) is 4.90 Å². The van der Waals surface area contributed by atoms with Crippen LogP contribution in [-0.4, -0.2) is 46.3 Å². The lowest BCUT2D eigenvalue weighted by Crippen LogP contribution is -2.31. The number of benzene rings is 1. The van der Waals surface area contributed by atoms with Crippen LogP contribution in [-0.2, 0) is 11.2 Å². The predicted octanol–water partition coefficient (Wildman–Crippen LogP) is 0.0818. The molecular formula is C12H15NO3S. The summed E-state index contributed by atoms with van der Waals surface area (Å²) >= 11 is 4.17. The van der Waals surface area contributed by atoms with Crippen LogP contribution < -0.4 is 0 Å². The van der Waals surface area contributed by atoms with Crippen molar-refractivity contribution in [2.24, 2.45) is 0 Å². The van der Waals surface area contributed by atoms with E-state index >= 15 is 0 Å². The Kier molecular flexibility index (Phi) is 3.71. The van der Waals surface area contributed by atoms with Gasteiger partial charge in [-0.25, -0.2) is 0 Å². The zero-order valence-electron chi connectivity index (χ0n) is 9.28. The highest BCUT2D eigenvalue weighted by molar-refractivity contribution is 7.80. The molecule has 0 radical (unpaired) electrons. The average Bonchev–Trinajstić information content (AvgIpc) is 2.63. The number of thiol groups is 1. The predicted molar refractivity (Wildman–Crippen MR) is 66.0 cm³/mol. The summed E-state index contributed by atoms with van der Waals surface area (Å²) in [6, 6.07) is 7.37. The fourth-order valence-corrected chi connectivity index (χ4v) is 2.02. The van der Waals surface area contributed by atoms with Gasteiger partial charge in [-0.1, -0.05) is 12.1 Å². The molecule has 2 atom stereocenters.